The van der Waals surface area contributed by atoms with Crippen molar-refractivity contribution in [3.05, 3.63) is 46.1 Å². The maximum atomic E-state index is 14.9. The third-order valence-corrected chi connectivity index (χ3v) is 10.0. The normalized spacial score (nSPS) is 34.6. The van der Waals surface area contributed by atoms with Crippen LogP contribution < -0.4 is 9.47 Å². The van der Waals surface area contributed by atoms with E-state index in [0.29, 0.717) is 35.3 Å². The minimum absolute atomic E-state index is 0.0783. The molecule has 7 rings (SSSR count). The number of hydrogen-bond donors (Lipinski definition) is 1. The van der Waals surface area contributed by atoms with E-state index in [4.69, 9.17) is 18.9 Å². The first-order valence-electron chi connectivity index (χ1n) is 14.7. The molecular weight excluding hydrogens is 536 g/mol. The van der Waals surface area contributed by atoms with Gasteiger partial charge in [-0.2, -0.15) is 0 Å². The number of hydrogen-bond acceptors (Lipinski definition) is 8. The lowest BCUT2D eigenvalue weighted by atomic mass is 9.45. The zero-order valence-electron chi connectivity index (χ0n) is 25.6. The number of ketones is 2. The average molecular weight is 577 g/mol. The number of benzene rings is 1. The number of Topliss-reactive ketones (excluding diaryl/α,β-unsaturated/α-hetero) is 2. The van der Waals surface area contributed by atoms with Crippen LogP contribution in [0.3, 0.4) is 0 Å². The first-order chi connectivity index (χ1) is 19.7. The molecule has 0 amide bonds. The van der Waals surface area contributed by atoms with Crippen LogP contribution in [0.2, 0.25) is 0 Å². The molecule has 3 saturated carbocycles. The van der Waals surface area contributed by atoms with Crippen molar-refractivity contribution < 1.29 is 38.4 Å². The highest BCUT2D eigenvalue weighted by molar-refractivity contribution is 6.10. The number of ether oxygens (including phenoxy) is 4. The summed E-state index contributed by atoms with van der Waals surface area (Å²) in [4.78, 5) is 40.9. The Bertz CT molecular complexity index is 1510. The van der Waals surface area contributed by atoms with Gasteiger partial charge in [0.1, 0.15) is 34.7 Å². The summed E-state index contributed by atoms with van der Waals surface area (Å²) >= 11 is 0. The number of methoxy groups -OCH3 is 1. The monoisotopic (exact) mass is 576 g/mol. The summed E-state index contributed by atoms with van der Waals surface area (Å²) in [5, 5.41) is 11.7. The van der Waals surface area contributed by atoms with Crippen molar-refractivity contribution >= 4 is 23.9 Å². The summed E-state index contributed by atoms with van der Waals surface area (Å²) in [7, 11) is 1.51. The zero-order valence-corrected chi connectivity index (χ0v) is 25.6. The van der Waals surface area contributed by atoms with Crippen LogP contribution in [0.4, 0.5) is 0 Å². The standard InChI is InChI=1S/C34H40O8/c1-17(2)9-10-20-27-19(12-13-31(4,5)40-27)25(36)23-26(37)24-29(39-8)21-15-22-32(6,7)42-33(30(21)38,14-11-18(3)16-35)34(22,24)41-28(20)23/h9,11-13,16,21-22,24,29,36H,10,14-15H2,1-8H3/b18-11+/t21-,22-,24+,29-,33-,34-/m0/s1. The molecule has 6 aliphatic rings. The molecule has 1 aromatic rings. The van der Waals surface area contributed by atoms with Gasteiger partial charge in [-0.1, -0.05) is 17.7 Å². The molecule has 0 unspecified atom stereocenters. The first kappa shape index (κ1) is 28.9. The van der Waals surface area contributed by atoms with Gasteiger partial charge >= 0.3 is 0 Å². The Morgan fingerprint density at radius 3 is 2.45 bits per heavy atom. The first-order valence-corrected chi connectivity index (χ1v) is 14.7. The van der Waals surface area contributed by atoms with E-state index in [0.717, 1.165) is 11.9 Å². The molecule has 6 atom stereocenters. The highest BCUT2D eigenvalue weighted by Gasteiger charge is 2.85. The Labute approximate surface area is 246 Å². The van der Waals surface area contributed by atoms with Crippen LogP contribution in [-0.4, -0.2) is 58.6 Å². The van der Waals surface area contributed by atoms with Crippen LogP contribution in [0.5, 0.6) is 17.2 Å². The van der Waals surface area contributed by atoms with Crippen molar-refractivity contribution in [1.29, 1.82) is 0 Å². The second-order valence-corrected chi connectivity index (χ2v) is 13.8. The maximum Gasteiger partial charge on any atom is 0.180 e. The van der Waals surface area contributed by atoms with E-state index in [1.165, 1.54) is 7.11 Å². The lowest BCUT2D eigenvalue weighted by molar-refractivity contribution is -0.224. The highest BCUT2D eigenvalue weighted by Crippen LogP contribution is 2.70. The smallest absolute Gasteiger partial charge is 0.180 e. The molecule has 8 heteroatoms. The van der Waals surface area contributed by atoms with Crippen molar-refractivity contribution in [2.75, 3.05) is 7.11 Å². The van der Waals surface area contributed by atoms with Gasteiger partial charge in [-0.05, 0) is 79.0 Å². The van der Waals surface area contributed by atoms with Gasteiger partial charge in [-0.15, -0.1) is 0 Å². The van der Waals surface area contributed by atoms with Crippen LogP contribution in [0.1, 0.15) is 82.8 Å². The number of rotatable bonds is 6. The van der Waals surface area contributed by atoms with Gasteiger partial charge in [0.15, 0.2) is 22.8 Å². The van der Waals surface area contributed by atoms with Crippen molar-refractivity contribution in [2.24, 2.45) is 17.8 Å². The minimum atomic E-state index is -1.53. The Hall–Kier alpha value is -3.23. The Morgan fingerprint density at radius 1 is 1.10 bits per heavy atom. The molecule has 0 aromatic heterocycles. The predicted molar refractivity (Wildman–Crippen MR) is 156 cm³/mol. The highest BCUT2D eigenvalue weighted by atomic mass is 16.6. The van der Waals surface area contributed by atoms with Gasteiger partial charge in [0.05, 0.1) is 23.2 Å². The number of fused-ring (bicyclic) bond motifs is 2. The third kappa shape index (κ3) is 3.57. The van der Waals surface area contributed by atoms with E-state index in [9.17, 15) is 19.5 Å². The van der Waals surface area contributed by atoms with Gasteiger partial charge in [-0.3, -0.25) is 14.4 Å². The van der Waals surface area contributed by atoms with E-state index in [2.05, 4.69) is 0 Å². The second kappa shape index (κ2) is 9.13. The number of aromatic hydroxyl groups is 1. The topological polar surface area (TPSA) is 108 Å². The Kier molecular flexibility index (Phi) is 6.28. The lowest BCUT2D eigenvalue weighted by Crippen LogP contribution is -2.80. The third-order valence-electron chi connectivity index (χ3n) is 10.0. The quantitative estimate of drug-likeness (QED) is 0.275. The molecule has 8 nitrogen and oxygen atoms in total. The van der Waals surface area contributed by atoms with Crippen LogP contribution in [0, 0.1) is 17.8 Å². The Morgan fingerprint density at radius 2 is 1.81 bits per heavy atom. The fourth-order valence-electron chi connectivity index (χ4n) is 8.28. The van der Waals surface area contributed by atoms with Gasteiger partial charge in [0.25, 0.3) is 0 Å². The van der Waals surface area contributed by atoms with Crippen LogP contribution in [-0.2, 0) is 25.5 Å². The number of phenols is 1. The molecule has 1 N–H and O–H groups in total. The van der Waals surface area contributed by atoms with E-state index < -0.39 is 40.3 Å². The van der Waals surface area contributed by atoms with E-state index >= 15 is 0 Å². The number of carbonyl (C=O) groups is 3. The minimum Gasteiger partial charge on any atom is -0.506 e. The maximum absolute atomic E-state index is 14.9. The van der Waals surface area contributed by atoms with E-state index in [1.807, 2.05) is 53.7 Å². The molecule has 3 aliphatic carbocycles. The summed E-state index contributed by atoms with van der Waals surface area (Å²) in [6.45, 7) is 13.4. The molecular formula is C34H40O8. The van der Waals surface area contributed by atoms with E-state index in [-0.39, 0.29) is 41.0 Å². The SMILES string of the molecule is CO[C@H]1[C@@H]2C[C@H]3C(C)(C)O[C@@](C/C=C(\C)C=O)(C2=O)[C@]32Oc3c(CC=C(C)C)c4c(c(O)c3C(=O)[C@H]12)C=CC(C)(C)O4. The second-order valence-electron chi connectivity index (χ2n) is 13.8. The molecule has 3 heterocycles. The molecule has 3 aliphatic heterocycles. The van der Waals surface area contributed by atoms with Gasteiger partial charge in [-0.25, -0.2) is 0 Å². The predicted octanol–water partition coefficient (Wildman–Crippen LogP) is 5.33. The number of phenolic OH excluding ortho intramolecular Hbond substituents is 1. The molecule has 4 fully saturated rings. The molecule has 1 aromatic carbocycles. The largest absolute Gasteiger partial charge is 0.506 e. The van der Waals surface area contributed by atoms with E-state index in [1.54, 1.807) is 19.1 Å². The average Bonchev–Trinajstić information content (AvgIpc) is 3.06. The fourth-order valence-corrected chi connectivity index (χ4v) is 8.28. The summed E-state index contributed by atoms with van der Waals surface area (Å²) in [6, 6.07) is 0. The molecule has 224 valence electrons. The van der Waals surface area contributed by atoms with Crippen molar-refractivity contribution in [2.45, 2.75) is 96.2 Å². The molecule has 42 heavy (non-hydrogen) atoms. The van der Waals surface area contributed by atoms with Gasteiger partial charge in [0.2, 0.25) is 0 Å². The zero-order chi connectivity index (χ0) is 30.6. The Balaban J connectivity index is 1.68. The van der Waals surface area contributed by atoms with Crippen molar-refractivity contribution in [1.82, 2.24) is 0 Å². The lowest BCUT2D eigenvalue weighted by Gasteiger charge is -2.62. The van der Waals surface area contributed by atoms with Crippen LogP contribution >= 0.6 is 0 Å². The van der Waals surface area contributed by atoms with Crippen molar-refractivity contribution in [3.8, 4) is 17.2 Å². The summed E-state index contributed by atoms with van der Waals surface area (Å²) in [5.41, 5.74) is -1.74. The number of allylic oxidation sites excluding steroid dienone is 3. The number of aldehydes is 1. The molecule has 0 radical (unpaired) electrons. The number of carbonyl (C=O) groups excluding carboxylic acids is 3. The summed E-state index contributed by atoms with van der Waals surface area (Å²) in [5.74, 6) is -1.86. The van der Waals surface area contributed by atoms with Crippen molar-refractivity contribution in [3.63, 3.8) is 0 Å². The van der Waals surface area contributed by atoms with Gasteiger partial charge in [0, 0.05) is 30.9 Å². The molecule has 4 bridgehead atoms. The van der Waals surface area contributed by atoms with Crippen LogP contribution in [0.15, 0.2) is 29.4 Å². The van der Waals surface area contributed by atoms with Gasteiger partial charge < -0.3 is 24.1 Å². The fraction of sp³-hybridized carbons (Fsp3) is 0.559. The molecule has 1 saturated heterocycles. The molecule has 1 spiro atoms. The summed E-state index contributed by atoms with van der Waals surface area (Å²) in [6.07, 6.45) is 8.28. The van der Waals surface area contributed by atoms with Crippen LogP contribution in [0.25, 0.3) is 6.08 Å². The summed E-state index contributed by atoms with van der Waals surface area (Å²) < 4.78 is 26.3.